The van der Waals surface area contributed by atoms with Crippen LogP contribution in [0.1, 0.15) is 37.4 Å². The van der Waals surface area contributed by atoms with Crippen molar-refractivity contribution in [2.75, 3.05) is 7.05 Å². The Kier molecular flexibility index (Phi) is 3.99. The van der Waals surface area contributed by atoms with Crippen LogP contribution in [0.15, 0.2) is 42.5 Å². The van der Waals surface area contributed by atoms with E-state index in [2.05, 4.69) is 5.32 Å². The van der Waals surface area contributed by atoms with Crippen LogP contribution >= 0.6 is 0 Å². The Labute approximate surface area is 118 Å². The fourth-order valence-corrected chi connectivity index (χ4v) is 2.14. The number of hydrogen-bond donors (Lipinski definition) is 1. The summed E-state index contributed by atoms with van der Waals surface area (Å²) in [6.07, 6.45) is 0. The topological polar surface area (TPSA) is 46.2 Å². The summed E-state index contributed by atoms with van der Waals surface area (Å²) in [5.41, 5.74) is 3.41. The quantitative estimate of drug-likeness (QED) is 0.869. The Morgan fingerprint density at radius 1 is 0.900 bits per heavy atom. The van der Waals surface area contributed by atoms with E-state index in [1.165, 1.54) is 0 Å². The molecule has 0 radical (unpaired) electrons. The standard InChI is InChI=1S/C17H17NO2/c1-11-8-9-12(2)15(10-11)16(19)13-6-4-5-7-14(13)17(20)18-3/h4-10H,1-3H3,(H,18,20). The zero-order valence-corrected chi connectivity index (χ0v) is 11.9. The van der Waals surface area contributed by atoms with Crippen LogP contribution in [0, 0.1) is 13.8 Å². The molecule has 0 heterocycles. The molecule has 0 aliphatic carbocycles. The Morgan fingerprint density at radius 2 is 1.55 bits per heavy atom. The minimum atomic E-state index is -0.251. The first kappa shape index (κ1) is 14.0. The molecular formula is C17H17NO2. The SMILES string of the molecule is CNC(=O)c1ccccc1C(=O)c1cc(C)ccc1C. The van der Waals surface area contributed by atoms with Crippen LogP contribution in [0.5, 0.6) is 0 Å². The summed E-state index contributed by atoms with van der Waals surface area (Å²) in [6, 6.07) is 12.6. The number of rotatable bonds is 3. The molecule has 1 N–H and O–H groups in total. The number of carbonyl (C=O) groups excluding carboxylic acids is 2. The van der Waals surface area contributed by atoms with Crippen LogP contribution in [0.25, 0.3) is 0 Å². The number of amides is 1. The van der Waals surface area contributed by atoms with Crippen LogP contribution < -0.4 is 5.32 Å². The average molecular weight is 267 g/mol. The molecule has 1 amide bonds. The Balaban J connectivity index is 2.54. The summed E-state index contributed by atoms with van der Waals surface area (Å²) in [6.45, 7) is 3.84. The summed E-state index contributed by atoms with van der Waals surface area (Å²) in [4.78, 5) is 24.5. The van der Waals surface area contributed by atoms with Gasteiger partial charge in [0.1, 0.15) is 0 Å². The van der Waals surface area contributed by atoms with E-state index >= 15 is 0 Å². The van der Waals surface area contributed by atoms with Crippen LogP contribution in [-0.2, 0) is 0 Å². The number of benzene rings is 2. The van der Waals surface area contributed by atoms with Crippen molar-refractivity contribution < 1.29 is 9.59 Å². The van der Waals surface area contributed by atoms with Crippen molar-refractivity contribution in [1.82, 2.24) is 5.32 Å². The molecule has 0 aliphatic rings. The van der Waals surface area contributed by atoms with Gasteiger partial charge in [-0.1, -0.05) is 35.9 Å². The van der Waals surface area contributed by atoms with E-state index in [1.54, 1.807) is 31.3 Å². The third kappa shape index (κ3) is 2.62. The molecule has 0 unspecified atom stereocenters. The van der Waals surface area contributed by atoms with Gasteiger partial charge in [-0.2, -0.15) is 0 Å². The van der Waals surface area contributed by atoms with Crippen molar-refractivity contribution in [1.29, 1.82) is 0 Å². The van der Waals surface area contributed by atoms with Gasteiger partial charge in [0.25, 0.3) is 5.91 Å². The lowest BCUT2D eigenvalue weighted by molar-refractivity contribution is 0.0950. The lowest BCUT2D eigenvalue weighted by atomic mass is 9.94. The van der Waals surface area contributed by atoms with E-state index in [9.17, 15) is 9.59 Å². The largest absolute Gasteiger partial charge is 0.355 e. The van der Waals surface area contributed by atoms with Crippen molar-refractivity contribution in [3.8, 4) is 0 Å². The lowest BCUT2D eigenvalue weighted by Gasteiger charge is -2.10. The molecule has 0 aliphatic heterocycles. The Hall–Kier alpha value is -2.42. The highest BCUT2D eigenvalue weighted by Gasteiger charge is 2.18. The third-order valence-electron chi connectivity index (χ3n) is 3.28. The number of nitrogens with one attached hydrogen (secondary N) is 1. The molecule has 0 bridgehead atoms. The summed E-state index contributed by atoms with van der Waals surface area (Å²) in [7, 11) is 1.56. The first-order valence-electron chi connectivity index (χ1n) is 6.47. The third-order valence-corrected chi connectivity index (χ3v) is 3.28. The number of aryl methyl sites for hydroxylation is 2. The van der Waals surface area contributed by atoms with Gasteiger partial charge in [-0.25, -0.2) is 0 Å². The monoisotopic (exact) mass is 267 g/mol. The van der Waals surface area contributed by atoms with Crippen molar-refractivity contribution in [2.24, 2.45) is 0 Å². The first-order chi connectivity index (χ1) is 9.54. The van der Waals surface area contributed by atoms with Crippen molar-refractivity contribution in [3.05, 3.63) is 70.3 Å². The van der Waals surface area contributed by atoms with E-state index < -0.39 is 0 Å². The van der Waals surface area contributed by atoms with Gasteiger partial charge in [-0.3, -0.25) is 9.59 Å². The molecule has 0 spiro atoms. The molecule has 2 aromatic carbocycles. The van der Waals surface area contributed by atoms with Gasteiger partial charge in [-0.15, -0.1) is 0 Å². The first-order valence-corrected chi connectivity index (χ1v) is 6.47. The van der Waals surface area contributed by atoms with Crippen LogP contribution in [0.2, 0.25) is 0 Å². The summed E-state index contributed by atoms with van der Waals surface area (Å²) < 4.78 is 0. The van der Waals surface area contributed by atoms with Gasteiger partial charge >= 0.3 is 0 Å². The molecule has 102 valence electrons. The maximum absolute atomic E-state index is 12.7. The zero-order valence-electron chi connectivity index (χ0n) is 11.9. The predicted octanol–water partition coefficient (Wildman–Crippen LogP) is 2.89. The molecule has 3 nitrogen and oxygen atoms in total. The molecule has 3 heteroatoms. The van der Waals surface area contributed by atoms with Gasteiger partial charge in [0, 0.05) is 18.2 Å². The minimum Gasteiger partial charge on any atom is -0.355 e. The second kappa shape index (κ2) is 5.70. The fourth-order valence-electron chi connectivity index (χ4n) is 2.14. The van der Waals surface area contributed by atoms with Gasteiger partial charge < -0.3 is 5.32 Å². The normalized spacial score (nSPS) is 10.2. The van der Waals surface area contributed by atoms with Crippen molar-refractivity contribution >= 4 is 11.7 Å². The van der Waals surface area contributed by atoms with Gasteiger partial charge in [0.15, 0.2) is 5.78 Å². The molecule has 0 atom stereocenters. The molecule has 2 rings (SSSR count). The summed E-state index contributed by atoms with van der Waals surface area (Å²) in [5.74, 6) is -0.371. The highest BCUT2D eigenvalue weighted by molar-refractivity contribution is 6.15. The highest BCUT2D eigenvalue weighted by atomic mass is 16.2. The summed E-state index contributed by atoms with van der Waals surface area (Å²) in [5, 5.41) is 2.56. The molecule has 20 heavy (non-hydrogen) atoms. The van der Waals surface area contributed by atoms with Crippen molar-refractivity contribution in [3.63, 3.8) is 0 Å². The average Bonchev–Trinajstić information content (AvgIpc) is 2.48. The molecule has 0 saturated heterocycles. The Morgan fingerprint density at radius 3 is 2.20 bits per heavy atom. The molecular weight excluding hydrogens is 250 g/mol. The molecule has 0 saturated carbocycles. The maximum Gasteiger partial charge on any atom is 0.251 e. The van der Waals surface area contributed by atoms with E-state index in [-0.39, 0.29) is 11.7 Å². The van der Waals surface area contributed by atoms with Crippen LogP contribution in [0.4, 0.5) is 0 Å². The van der Waals surface area contributed by atoms with E-state index in [1.807, 2.05) is 32.0 Å². The number of carbonyl (C=O) groups is 2. The second-order valence-electron chi connectivity index (χ2n) is 4.77. The Bertz CT molecular complexity index is 674. The maximum atomic E-state index is 12.7. The van der Waals surface area contributed by atoms with Crippen LogP contribution in [-0.4, -0.2) is 18.7 Å². The zero-order chi connectivity index (χ0) is 14.7. The van der Waals surface area contributed by atoms with Gasteiger partial charge in [-0.05, 0) is 31.5 Å². The fraction of sp³-hybridized carbons (Fsp3) is 0.176. The summed E-state index contributed by atoms with van der Waals surface area (Å²) >= 11 is 0. The van der Waals surface area contributed by atoms with E-state index in [0.29, 0.717) is 16.7 Å². The molecule has 2 aromatic rings. The van der Waals surface area contributed by atoms with E-state index in [0.717, 1.165) is 11.1 Å². The predicted molar refractivity (Wildman–Crippen MR) is 79.2 cm³/mol. The van der Waals surface area contributed by atoms with Gasteiger partial charge in [0.2, 0.25) is 0 Å². The number of ketones is 1. The minimum absolute atomic E-state index is 0.120. The molecule has 0 fully saturated rings. The van der Waals surface area contributed by atoms with Crippen molar-refractivity contribution in [2.45, 2.75) is 13.8 Å². The lowest BCUT2D eigenvalue weighted by Crippen LogP contribution is -2.21. The smallest absolute Gasteiger partial charge is 0.251 e. The number of hydrogen-bond acceptors (Lipinski definition) is 2. The highest BCUT2D eigenvalue weighted by Crippen LogP contribution is 2.18. The molecule has 0 aromatic heterocycles. The van der Waals surface area contributed by atoms with E-state index in [4.69, 9.17) is 0 Å². The van der Waals surface area contributed by atoms with Gasteiger partial charge in [0.05, 0.1) is 5.56 Å². The van der Waals surface area contributed by atoms with Crippen LogP contribution in [0.3, 0.4) is 0 Å². The second-order valence-corrected chi connectivity index (χ2v) is 4.77.